The van der Waals surface area contributed by atoms with E-state index < -0.39 is 25.8 Å². The summed E-state index contributed by atoms with van der Waals surface area (Å²) in [5.74, 6) is -0.903. The van der Waals surface area contributed by atoms with E-state index in [1.165, 1.54) is 4.31 Å². The van der Waals surface area contributed by atoms with Gasteiger partial charge in [0, 0.05) is 32.3 Å². The fourth-order valence-electron chi connectivity index (χ4n) is 1.64. The van der Waals surface area contributed by atoms with Crippen LogP contribution in [-0.4, -0.2) is 77.7 Å². The summed E-state index contributed by atoms with van der Waals surface area (Å²) in [6.45, 7) is 1.37. The Morgan fingerprint density at radius 1 is 1.15 bits per heavy atom. The molecule has 118 valence electrons. The summed E-state index contributed by atoms with van der Waals surface area (Å²) in [6.07, 6.45) is 0.888. The molecule has 0 atom stereocenters. The molecule has 0 bridgehead atoms. The Kier molecular flexibility index (Phi) is 6.37. The summed E-state index contributed by atoms with van der Waals surface area (Å²) < 4.78 is 52.0. The highest BCUT2D eigenvalue weighted by molar-refractivity contribution is 7.90. The topological polar surface area (TPSA) is 110 Å². The lowest BCUT2D eigenvalue weighted by Crippen LogP contribution is -2.43. The second-order valence-electron chi connectivity index (χ2n) is 4.56. The van der Waals surface area contributed by atoms with Crippen molar-refractivity contribution in [2.24, 2.45) is 0 Å². The number of carbonyl (C=O) groups excluding carboxylic acids is 1. The minimum Gasteiger partial charge on any atom is -0.379 e. The van der Waals surface area contributed by atoms with Crippen molar-refractivity contribution in [2.75, 3.05) is 50.6 Å². The largest absolute Gasteiger partial charge is 0.379 e. The molecule has 20 heavy (non-hydrogen) atoms. The molecule has 1 saturated heterocycles. The smallest absolute Gasteiger partial charge is 0.221 e. The van der Waals surface area contributed by atoms with E-state index in [0.29, 0.717) is 26.3 Å². The van der Waals surface area contributed by atoms with E-state index in [2.05, 4.69) is 5.32 Å². The number of nitrogens with zero attached hydrogens (tertiary/aromatic N) is 1. The van der Waals surface area contributed by atoms with E-state index in [0.717, 1.165) is 6.26 Å². The summed E-state index contributed by atoms with van der Waals surface area (Å²) in [4.78, 5) is 11.3. The second kappa shape index (κ2) is 7.34. The average molecular weight is 328 g/mol. The molecular formula is C10H20N2O6S2. The lowest BCUT2D eigenvalue weighted by atomic mass is 10.4. The van der Waals surface area contributed by atoms with Gasteiger partial charge >= 0.3 is 0 Å². The molecule has 0 spiro atoms. The van der Waals surface area contributed by atoms with Gasteiger partial charge in [-0.15, -0.1) is 0 Å². The molecule has 10 heteroatoms. The molecule has 1 heterocycles. The van der Waals surface area contributed by atoms with E-state index in [1.54, 1.807) is 0 Å². The highest BCUT2D eigenvalue weighted by Gasteiger charge is 2.23. The lowest BCUT2D eigenvalue weighted by molar-refractivity contribution is -0.120. The molecule has 0 unspecified atom stereocenters. The van der Waals surface area contributed by atoms with E-state index in [9.17, 15) is 21.6 Å². The third-order valence-corrected chi connectivity index (χ3v) is 5.56. The van der Waals surface area contributed by atoms with Crippen LogP contribution in [0, 0.1) is 0 Å². The standard InChI is InChI=1S/C10H20N2O6S2/c1-19(14,15)8-2-10(13)11-3-9-20(16,17)12-4-6-18-7-5-12/h2-9H2,1H3,(H,11,13). The first kappa shape index (κ1) is 17.3. The Morgan fingerprint density at radius 2 is 1.75 bits per heavy atom. The molecule has 0 radical (unpaired) electrons. The van der Waals surface area contributed by atoms with Gasteiger partial charge in [-0.2, -0.15) is 4.31 Å². The Morgan fingerprint density at radius 3 is 2.30 bits per heavy atom. The molecule has 0 aromatic carbocycles. The van der Waals surface area contributed by atoms with E-state index >= 15 is 0 Å². The van der Waals surface area contributed by atoms with Crippen LogP contribution in [-0.2, 0) is 29.4 Å². The van der Waals surface area contributed by atoms with Crippen LogP contribution in [0.1, 0.15) is 6.42 Å². The van der Waals surface area contributed by atoms with Gasteiger partial charge in [0.2, 0.25) is 15.9 Å². The van der Waals surface area contributed by atoms with Gasteiger partial charge in [0.05, 0.1) is 24.7 Å². The minimum absolute atomic E-state index is 0.0255. The predicted octanol–water partition coefficient (Wildman–Crippen LogP) is -1.80. The van der Waals surface area contributed by atoms with E-state index in [-0.39, 0.29) is 24.5 Å². The van der Waals surface area contributed by atoms with Crippen LogP contribution >= 0.6 is 0 Å². The summed E-state index contributed by atoms with van der Waals surface area (Å²) in [5.41, 5.74) is 0. The van der Waals surface area contributed by atoms with Crippen molar-refractivity contribution in [3.05, 3.63) is 0 Å². The molecule has 1 fully saturated rings. The van der Waals surface area contributed by atoms with Crippen LogP contribution in [0.15, 0.2) is 0 Å². The molecular weight excluding hydrogens is 308 g/mol. The zero-order valence-electron chi connectivity index (χ0n) is 11.4. The van der Waals surface area contributed by atoms with Crippen molar-refractivity contribution < 1.29 is 26.4 Å². The zero-order valence-corrected chi connectivity index (χ0v) is 13.0. The number of carbonyl (C=O) groups is 1. The Hall–Kier alpha value is -0.710. The highest BCUT2D eigenvalue weighted by atomic mass is 32.2. The fourth-order valence-corrected chi connectivity index (χ4v) is 3.52. The van der Waals surface area contributed by atoms with E-state index in [4.69, 9.17) is 4.74 Å². The van der Waals surface area contributed by atoms with Crippen molar-refractivity contribution in [3.8, 4) is 0 Å². The fraction of sp³-hybridized carbons (Fsp3) is 0.900. The molecule has 0 saturated carbocycles. The van der Waals surface area contributed by atoms with Gasteiger partial charge < -0.3 is 10.1 Å². The highest BCUT2D eigenvalue weighted by Crippen LogP contribution is 2.04. The first-order valence-corrected chi connectivity index (χ1v) is 9.88. The van der Waals surface area contributed by atoms with Crippen LogP contribution in [0.3, 0.4) is 0 Å². The van der Waals surface area contributed by atoms with Crippen molar-refractivity contribution in [3.63, 3.8) is 0 Å². The third kappa shape index (κ3) is 6.64. The number of ether oxygens (including phenoxy) is 1. The Bertz CT molecular complexity index is 522. The molecule has 0 aromatic heterocycles. The molecule has 0 aromatic rings. The number of rotatable bonds is 7. The molecule has 1 amide bonds. The second-order valence-corrected chi connectivity index (χ2v) is 8.91. The number of nitrogens with one attached hydrogen (secondary N) is 1. The summed E-state index contributed by atoms with van der Waals surface area (Å²) in [5, 5.41) is 2.41. The number of hydrogen-bond acceptors (Lipinski definition) is 6. The predicted molar refractivity (Wildman–Crippen MR) is 73.5 cm³/mol. The first-order chi connectivity index (χ1) is 9.21. The van der Waals surface area contributed by atoms with Gasteiger partial charge in [0.15, 0.2) is 0 Å². The zero-order chi connectivity index (χ0) is 15.2. The Balaban J connectivity index is 2.30. The maximum atomic E-state index is 11.9. The molecule has 1 aliphatic heterocycles. The average Bonchev–Trinajstić information content (AvgIpc) is 2.36. The van der Waals surface area contributed by atoms with Gasteiger partial charge in [-0.1, -0.05) is 0 Å². The molecule has 1 rings (SSSR count). The van der Waals surface area contributed by atoms with Gasteiger partial charge in [-0.3, -0.25) is 4.79 Å². The number of sulfone groups is 1. The van der Waals surface area contributed by atoms with Crippen LogP contribution < -0.4 is 5.32 Å². The normalized spacial score (nSPS) is 17.9. The first-order valence-electron chi connectivity index (χ1n) is 6.21. The lowest BCUT2D eigenvalue weighted by Gasteiger charge is -2.26. The third-order valence-electron chi connectivity index (χ3n) is 2.75. The van der Waals surface area contributed by atoms with Gasteiger partial charge in [0.25, 0.3) is 0 Å². The molecule has 8 nitrogen and oxygen atoms in total. The van der Waals surface area contributed by atoms with Crippen LogP contribution in [0.25, 0.3) is 0 Å². The number of amides is 1. The SMILES string of the molecule is CS(=O)(=O)CCC(=O)NCCS(=O)(=O)N1CCOCC1. The van der Waals surface area contributed by atoms with E-state index in [1.807, 2.05) is 0 Å². The van der Waals surface area contributed by atoms with Crippen LogP contribution in [0.2, 0.25) is 0 Å². The van der Waals surface area contributed by atoms with Crippen molar-refractivity contribution >= 4 is 25.8 Å². The summed E-state index contributed by atoms with van der Waals surface area (Å²) in [7, 11) is -6.59. The Labute approximate surface area is 119 Å². The number of sulfonamides is 1. The minimum atomic E-state index is -3.40. The van der Waals surface area contributed by atoms with Crippen LogP contribution in [0.4, 0.5) is 0 Å². The maximum absolute atomic E-state index is 11.9. The summed E-state index contributed by atoms with van der Waals surface area (Å²) in [6, 6.07) is 0. The van der Waals surface area contributed by atoms with Gasteiger partial charge in [-0.25, -0.2) is 16.8 Å². The van der Waals surface area contributed by atoms with Gasteiger partial charge in [0.1, 0.15) is 9.84 Å². The monoisotopic (exact) mass is 328 g/mol. The quantitative estimate of drug-likeness (QED) is 0.590. The summed E-state index contributed by atoms with van der Waals surface area (Å²) >= 11 is 0. The number of hydrogen-bond donors (Lipinski definition) is 1. The van der Waals surface area contributed by atoms with Gasteiger partial charge in [-0.05, 0) is 0 Å². The maximum Gasteiger partial charge on any atom is 0.221 e. The van der Waals surface area contributed by atoms with Crippen molar-refractivity contribution in [2.45, 2.75) is 6.42 Å². The molecule has 1 N–H and O–H groups in total. The van der Waals surface area contributed by atoms with Crippen LogP contribution in [0.5, 0.6) is 0 Å². The van der Waals surface area contributed by atoms with Crippen molar-refractivity contribution in [1.82, 2.24) is 9.62 Å². The molecule has 0 aliphatic carbocycles. The number of morpholine rings is 1. The van der Waals surface area contributed by atoms with Crippen molar-refractivity contribution in [1.29, 1.82) is 0 Å². The molecule has 1 aliphatic rings.